The molecular weight excluding hydrogens is 636 g/mol. The summed E-state index contributed by atoms with van der Waals surface area (Å²) in [6, 6.07) is 17.1. The standard InChI is InChI=1S/C34H41BrN6O4/c1-39-20-25(17-26(21-39)37-30-18-36-40(2)34(44)32(30)35)23-5-3-22(4-6-23)19-41-15-13-28(14-16-41)45-27-9-7-24(8-10-27)29-11-12-31(42)38-33(29)43/h3-10,18,25-26,28-29,37H,11-17,19-21H2,1-2H3,(H,38,42,43)/t25-,26+,29?/m0/s1. The molecule has 3 aliphatic heterocycles. The maximum atomic E-state index is 12.3. The molecule has 10 nitrogen and oxygen atoms in total. The molecule has 1 aromatic heterocycles. The van der Waals surface area contributed by atoms with E-state index in [0.717, 1.165) is 69.0 Å². The van der Waals surface area contributed by atoms with Crippen molar-refractivity contribution in [3.8, 4) is 5.75 Å². The molecule has 0 radical (unpaired) electrons. The Hall–Kier alpha value is -3.54. The average Bonchev–Trinajstić information content (AvgIpc) is 3.03. The predicted molar refractivity (Wildman–Crippen MR) is 176 cm³/mol. The molecule has 1 unspecified atom stereocenters. The Morgan fingerprint density at radius 1 is 0.956 bits per heavy atom. The van der Waals surface area contributed by atoms with Gasteiger partial charge in [0, 0.05) is 52.2 Å². The van der Waals surface area contributed by atoms with Gasteiger partial charge in [-0.1, -0.05) is 36.4 Å². The Bertz CT molecular complexity index is 1570. The first-order valence-electron chi connectivity index (χ1n) is 15.8. The van der Waals surface area contributed by atoms with Crippen molar-refractivity contribution in [3.05, 3.63) is 86.2 Å². The molecule has 238 valence electrons. The summed E-state index contributed by atoms with van der Waals surface area (Å²) in [5.74, 6) is 0.545. The monoisotopic (exact) mass is 676 g/mol. The van der Waals surface area contributed by atoms with Crippen molar-refractivity contribution in [3.63, 3.8) is 0 Å². The molecule has 3 atom stereocenters. The van der Waals surface area contributed by atoms with Crippen LogP contribution in [0.5, 0.6) is 5.75 Å². The lowest BCUT2D eigenvalue weighted by Crippen LogP contribution is -2.43. The van der Waals surface area contributed by atoms with Crippen LogP contribution in [-0.4, -0.2) is 76.8 Å². The van der Waals surface area contributed by atoms with Gasteiger partial charge in [0.15, 0.2) is 0 Å². The minimum Gasteiger partial charge on any atom is -0.490 e. The van der Waals surface area contributed by atoms with Gasteiger partial charge in [0.1, 0.15) is 16.3 Å². The molecule has 2 aromatic carbocycles. The zero-order chi connectivity index (χ0) is 31.5. The van der Waals surface area contributed by atoms with E-state index in [-0.39, 0.29) is 35.4 Å². The first kappa shape index (κ1) is 31.4. The quantitative estimate of drug-likeness (QED) is 0.345. The summed E-state index contributed by atoms with van der Waals surface area (Å²) < 4.78 is 8.13. The summed E-state index contributed by atoms with van der Waals surface area (Å²) in [7, 11) is 3.80. The van der Waals surface area contributed by atoms with E-state index in [4.69, 9.17) is 4.74 Å². The Morgan fingerprint density at radius 2 is 1.67 bits per heavy atom. The zero-order valence-electron chi connectivity index (χ0n) is 25.9. The summed E-state index contributed by atoms with van der Waals surface area (Å²) >= 11 is 3.44. The topological polar surface area (TPSA) is 109 Å². The maximum Gasteiger partial charge on any atom is 0.282 e. The second kappa shape index (κ2) is 13.8. The number of imide groups is 1. The van der Waals surface area contributed by atoms with Crippen molar-refractivity contribution in [1.29, 1.82) is 0 Å². The number of hydrogen-bond acceptors (Lipinski definition) is 8. The lowest BCUT2D eigenvalue weighted by Gasteiger charge is -2.37. The van der Waals surface area contributed by atoms with Crippen LogP contribution in [0.1, 0.15) is 60.6 Å². The van der Waals surface area contributed by atoms with Crippen molar-refractivity contribution in [2.45, 2.75) is 62.6 Å². The van der Waals surface area contributed by atoms with Gasteiger partial charge >= 0.3 is 0 Å². The van der Waals surface area contributed by atoms with Gasteiger partial charge in [-0.2, -0.15) is 5.10 Å². The fraction of sp³-hybridized carbons (Fsp3) is 0.471. The van der Waals surface area contributed by atoms with E-state index in [0.29, 0.717) is 23.2 Å². The van der Waals surface area contributed by atoms with Gasteiger partial charge in [0.25, 0.3) is 5.56 Å². The Labute approximate surface area is 272 Å². The number of nitrogens with one attached hydrogen (secondary N) is 2. The number of likely N-dealkylation sites (tertiary alicyclic amines) is 2. The highest BCUT2D eigenvalue weighted by Gasteiger charge is 2.29. The van der Waals surface area contributed by atoms with Crippen molar-refractivity contribution in [2.24, 2.45) is 7.05 Å². The Morgan fingerprint density at radius 3 is 2.38 bits per heavy atom. The smallest absolute Gasteiger partial charge is 0.282 e. The van der Waals surface area contributed by atoms with E-state index >= 15 is 0 Å². The molecule has 0 spiro atoms. The molecule has 0 aliphatic carbocycles. The first-order chi connectivity index (χ1) is 21.7. The van der Waals surface area contributed by atoms with Gasteiger partial charge in [0.2, 0.25) is 11.8 Å². The van der Waals surface area contributed by atoms with Gasteiger partial charge in [-0.25, -0.2) is 4.68 Å². The highest BCUT2D eigenvalue weighted by Crippen LogP contribution is 2.30. The number of aryl methyl sites for hydroxylation is 1. The normalized spacial score (nSPS) is 23.5. The molecule has 3 fully saturated rings. The number of piperidine rings is 3. The number of amides is 2. The minimum absolute atomic E-state index is 0.147. The Balaban J connectivity index is 0.973. The van der Waals surface area contributed by atoms with Gasteiger partial charge in [-0.3, -0.25) is 24.6 Å². The molecule has 2 N–H and O–H groups in total. The van der Waals surface area contributed by atoms with Crippen LogP contribution in [0.15, 0.2) is 64.0 Å². The molecule has 2 amide bonds. The van der Waals surface area contributed by atoms with Crippen molar-refractivity contribution < 1.29 is 14.3 Å². The third-order valence-electron chi connectivity index (χ3n) is 9.29. The summed E-state index contributed by atoms with van der Waals surface area (Å²) in [5, 5.41) is 10.1. The number of aromatic nitrogens is 2. The number of anilines is 1. The number of hydrogen-bond donors (Lipinski definition) is 2. The maximum absolute atomic E-state index is 12.3. The van der Waals surface area contributed by atoms with E-state index in [1.54, 1.807) is 13.2 Å². The molecule has 0 bridgehead atoms. The van der Waals surface area contributed by atoms with Crippen LogP contribution in [0.25, 0.3) is 0 Å². The molecule has 45 heavy (non-hydrogen) atoms. The number of carbonyl (C=O) groups excluding carboxylic acids is 2. The molecule has 0 saturated carbocycles. The van der Waals surface area contributed by atoms with E-state index in [2.05, 4.69) is 72.8 Å². The lowest BCUT2D eigenvalue weighted by atomic mass is 9.87. The second-order valence-electron chi connectivity index (χ2n) is 12.7. The molecule has 11 heteroatoms. The van der Waals surface area contributed by atoms with Crippen molar-refractivity contribution in [2.75, 3.05) is 38.5 Å². The second-order valence-corrected chi connectivity index (χ2v) is 13.5. The van der Waals surface area contributed by atoms with Crippen molar-refractivity contribution in [1.82, 2.24) is 24.9 Å². The van der Waals surface area contributed by atoms with E-state index in [1.807, 2.05) is 24.3 Å². The largest absolute Gasteiger partial charge is 0.490 e. The molecule has 6 rings (SSSR count). The first-order valence-corrected chi connectivity index (χ1v) is 16.6. The summed E-state index contributed by atoms with van der Waals surface area (Å²) in [4.78, 5) is 40.8. The van der Waals surface area contributed by atoms with E-state index < -0.39 is 0 Å². The van der Waals surface area contributed by atoms with Crippen LogP contribution in [0.3, 0.4) is 0 Å². The summed E-state index contributed by atoms with van der Waals surface area (Å²) in [6.07, 6.45) is 5.73. The molecular formula is C34H41BrN6O4. The molecule has 3 aliphatic rings. The highest BCUT2D eigenvalue weighted by molar-refractivity contribution is 9.10. The predicted octanol–water partition coefficient (Wildman–Crippen LogP) is 4.01. The highest BCUT2D eigenvalue weighted by atomic mass is 79.9. The number of halogens is 1. The SMILES string of the molecule is CN1C[C@H](Nc2cnn(C)c(=O)c2Br)C[C@H](c2ccc(CN3CCC(Oc4ccc(C5CCC(=O)NC5=O)cc4)CC3)cc2)C1. The minimum atomic E-state index is -0.273. The average molecular weight is 678 g/mol. The zero-order valence-corrected chi connectivity index (χ0v) is 27.5. The number of carbonyl (C=O) groups is 2. The van der Waals surface area contributed by atoms with E-state index in [1.165, 1.54) is 15.8 Å². The van der Waals surface area contributed by atoms with Gasteiger partial charge in [-0.05, 0) is 83.4 Å². The number of nitrogens with zero attached hydrogens (tertiary/aromatic N) is 4. The fourth-order valence-electron chi connectivity index (χ4n) is 6.82. The van der Waals surface area contributed by atoms with Gasteiger partial charge < -0.3 is 15.0 Å². The van der Waals surface area contributed by atoms with Crippen molar-refractivity contribution >= 4 is 33.4 Å². The van der Waals surface area contributed by atoms with Crippen LogP contribution >= 0.6 is 15.9 Å². The van der Waals surface area contributed by atoms with Gasteiger partial charge in [0.05, 0.1) is 17.8 Å². The van der Waals surface area contributed by atoms with Crippen LogP contribution in [-0.2, 0) is 23.2 Å². The number of rotatable bonds is 8. The third kappa shape index (κ3) is 7.65. The van der Waals surface area contributed by atoms with Crippen LogP contribution in [0.4, 0.5) is 5.69 Å². The number of likely N-dealkylation sites (N-methyl/N-ethyl adjacent to an activating group) is 1. The van der Waals surface area contributed by atoms with E-state index in [9.17, 15) is 14.4 Å². The lowest BCUT2D eigenvalue weighted by molar-refractivity contribution is -0.134. The number of ether oxygens (including phenoxy) is 1. The molecule has 3 aromatic rings. The van der Waals surface area contributed by atoms with Crippen LogP contribution < -0.4 is 20.9 Å². The third-order valence-corrected chi connectivity index (χ3v) is 10.1. The fourth-order valence-corrected chi connectivity index (χ4v) is 7.29. The summed E-state index contributed by atoms with van der Waals surface area (Å²) in [5.41, 5.74) is 4.17. The molecule has 3 saturated heterocycles. The number of benzene rings is 2. The molecule has 4 heterocycles. The Kier molecular flexibility index (Phi) is 9.67. The van der Waals surface area contributed by atoms with Crippen LogP contribution in [0, 0.1) is 0 Å². The van der Waals surface area contributed by atoms with Crippen LogP contribution in [0.2, 0.25) is 0 Å². The summed E-state index contributed by atoms with van der Waals surface area (Å²) in [6.45, 7) is 4.79. The van der Waals surface area contributed by atoms with Gasteiger partial charge in [-0.15, -0.1) is 0 Å².